The van der Waals surface area contributed by atoms with Crippen molar-refractivity contribution in [2.75, 3.05) is 26.2 Å². The lowest BCUT2D eigenvalue weighted by atomic mass is 10.2. The molecule has 0 bridgehead atoms. The lowest BCUT2D eigenvalue weighted by Crippen LogP contribution is -2.45. The van der Waals surface area contributed by atoms with Crippen molar-refractivity contribution in [3.8, 4) is 5.75 Å². The van der Waals surface area contributed by atoms with Crippen molar-refractivity contribution in [1.29, 1.82) is 0 Å². The van der Waals surface area contributed by atoms with Gasteiger partial charge in [-0.3, -0.25) is 9.69 Å². The first-order chi connectivity index (χ1) is 9.69. The van der Waals surface area contributed by atoms with Crippen LogP contribution in [-0.4, -0.2) is 49.6 Å². The van der Waals surface area contributed by atoms with Crippen molar-refractivity contribution in [3.63, 3.8) is 0 Å². The summed E-state index contributed by atoms with van der Waals surface area (Å²) in [6.45, 7) is 7.82. The summed E-state index contributed by atoms with van der Waals surface area (Å²) in [5, 5.41) is 0. The van der Waals surface area contributed by atoms with Crippen molar-refractivity contribution in [2.45, 2.75) is 32.5 Å². The van der Waals surface area contributed by atoms with E-state index < -0.39 is 0 Å². The molecule has 0 aromatic heterocycles. The van der Waals surface area contributed by atoms with Crippen LogP contribution in [0.3, 0.4) is 0 Å². The minimum atomic E-state index is 0.301. The van der Waals surface area contributed by atoms with Crippen molar-refractivity contribution >= 4 is 6.29 Å². The molecule has 0 amide bonds. The highest BCUT2D eigenvalue weighted by molar-refractivity contribution is 5.79. The van der Waals surface area contributed by atoms with Gasteiger partial charge in [-0.1, -0.05) is 12.1 Å². The van der Waals surface area contributed by atoms with Crippen LogP contribution in [0.2, 0.25) is 0 Å². The Morgan fingerprint density at radius 2 is 2.00 bits per heavy atom. The second kappa shape index (κ2) is 7.41. The molecule has 20 heavy (non-hydrogen) atoms. The average Bonchev–Trinajstić information content (AvgIpc) is 2.43. The van der Waals surface area contributed by atoms with Crippen LogP contribution in [0.4, 0.5) is 0 Å². The Morgan fingerprint density at radius 3 is 2.70 bits per heavy atom. The molecule has 1 aliphatic rings. The van der Waals surface area contributed by atoms with Crippen LogP contribution in [0.5, 0.6) is 5.75 Å². The van der Waals surface area contributed by atoms with Crippen LogP contribution in [-0.2, 0) is 4.74 Å². The van der Waals surface area contributed by atoms with E-state index in [2.05, 4.69) is 18.7 Å². The SMILES string of the molecule is C[C@H]1CN(CCCOc2ccccc2C=O)C[C@H](C)O1. The first-order valence-electron chi connectivity index (χ1n) is 7.24. The Labute approximate surface area is 120 Å². The van der Waals surface area contributed by atoms with Crippen LogP contribution in [0.15, 0.2) is 24.3 Å². The average molecular weight is 277 g/mol. The second-order valence-electron chi connectivity index (χ2n) is 5.37. The molecule has 0 spiro atoms. The summed E-state index contributed by atoms with van der Waals surface area (Å²) in [6.07, 6.45) is 2.39. The van der Waals surface area contributed by atoms with E-state index in [4.69, 9.17) is 9.47 Å². The Bertz CT molecular complexity index is 425. The summed E-state index contributed by atoms with van der Waals surface area (Å²) < 4.78 is 11.4. The molecule has 0 saturated carbocycles. The van der Waals surface area contributed by atoms with Gasteiger partial charge in [0, 0.05) is 19.6 Å². The molecule has 1 aliphatic heterocycles. The fourth-order valence-electron chi connectivity index (χ4n) is 2.65. The third kappa shape index (κ3) is 4.32. The molecule has 0 unspecified atom stereocenters. The molecule has 1 aromatic rings. The van der Waals surface area contributed by atoms with Crippen molar-refractivity contribution in [2.24, 2.45) is 0 Å². The number of rotatable bonds is 6. The highest BCUT2D eigenvalue weighted by atomic mass is 16.5. The molecule has 0 radical (unpaired) electrons. The number of hydrogen-bond acceptors (Lipinski definition) is 4. The van der Waals surface area contributed by atoms with Gasteiger partial charge in [0.15, 0.2) is 6.29 Å². The van der Waals surface area contributed by atoms with E-state index in [1.165, 1.54) is 0 Å². The van der Waals surface area contributed by atoms with Gasteiger partial charge in [-0.15, -0.1) is 0 Å². The number of ether oxygens (including phenoxy) is 2. The maximum absolute atomic E-state index is 10.9. The molecule has 2 rings (SSSR count). The van der Waals surface area contributed by atoms with Gasteiger partial charge in [-0.05, 0) is 32.4 Å². The fourth-order valence-corrected chi connectivity index (χ4v) is 2.65. The first kappa shape index (κ1) is 15.0. The number of benzene rings is 1. The number of para-hydroxylation sites is 1. The Balaban J connectivity index is 1.72. The van der Waals surface area contributed by atoms with Gasteiger partial charge in [0.1, 0.15) is 5.75 Å². The number of hydrogen-bond donors (Lipinski definition) is 0. The minimum absolute atomic E-state index is 0.301. The third-order valence-corrected chi connectivity index (χ3v) is 3.42. The fraction of sp³-hybridized carbons (Fsp3) is 0.562. The zero-order valence-corrected chi connectivity index (χ0v) is 12.2. The Kier molecular flexibility index (Phi) is 5.56. The van der Waals surface area contributed by atoms with E-state index in [1.54, 1.807) is 6.07 Å². The highest BCUT2D eigenvalue weighted by Crippen LogP contribution is 2.16. The van der Waals surface area contributed by atoms with E-state index >= 15 is 0 Å². The second-order valence-corrected chi connectivity index (χ2v) is 5.37. The van der Waals surface area contributed by atoms with E-state index in [1.807, 2.05) is 18.2 Å². The number of carbonyl (C=O) groups excluding carboxylic acids is 1. The van der Waals surface area contributed by atoms with Crippen LogP contribution in [0.1, 0.15) is 30.6 Å². The molecule has 2 atom stereocenters. The lowest BCUT2D eigenvalue weighted by Gasteiger charge is -2.35. The topological polar surface area (TPSA) is 38.8 Å². The van der Waals surface area contributed by atoms with Gasteiger partial charge >= 0.3 is 0 Å². The van der Waals surface area contributed by atoms with Gasteiger partial charge in [0.2, 0.25) is 0 Å². The highest BCUT2D eigenvalue weighted by Gasteiger charge is 2.21. The van der Waals surface area contributed by atoms with Crippen LogP contribution >= 0.6 is 0 Å². The summed E-state index contributed by atoms with van der Waals surface area (Å²) in [5.41, 5.74) is 0.612. The maximum atomic E-state index is 10.9. The van der Waals surface area contributed by atoms with E-state index in [-0.39, 0.29) is 0 Å². The quantitative estimate of drug-likeness (QED) is 0.591. The zero-order valence-electron chi connectivity index (χ0n) is 12.2. The van der Waals surface area contributed by atoms with Crippen LogP contribution in [0, 0.1) is 0 Å². The number of morpholine rings is 1. The normalized spacial score (nSPS) is 23.5. The molecule has 1 aromatic carbocycles. The molecule has 1 heterocycles. The molecule has 1 fully saturated rings. The number of nitrogens with zero attached hydrogens (tertiary/aromatic N) is 1. The molecule has 4 heteroatoms. The number of aldehydes is 1. The summed E-state index contributed by atoms with van der Waals surface area (Å²) in [5.74, 6) is 0.672. The maximum Gasteiger partial charge on any atom is 0.153 e. The molecule has 0 N–H and O–H groups in total. The molecule has 0 aliphatic carbocycles. The van der Waals surface area contributed by atoms with Gasteiger partial charge in [0.25, 0.3) is 0 Å². The van der Waals surface area contributed by atoms with E-state index in [0.29, 0.717) is 30.1 Å². The van der Waals surface area contributed by atoms with Crippen molar-refractivity contribution in [3.05, 3.63) is 29.8 Å². The van der Waals surface area contributed by atoms with Crippen LogP contribution < -0.4 is 4.74 Å². The first-order valence-corrected chi connectivity index (χ1v) is 7.24. The summed E-state index contributed by atoms with van der Waals surface area (Å²) >= 11 is 0. The molecular formula is C16H23NO3. The van der Waals surface area contributed by atoms with Gasteiger partial charge in [-0.25, -0.2) is 0 Å². The Hall–Kier alpha value is -1.39. The van der Waals surface area contributed by atoms with E-state index in [9.17, 15) is 4.79 Å². The monoisotopic (exact) mass is 277 g/mol. The molecular weight excluding hydrogens is 254 g/mol. The van der Waals surface area contributed by atoms with E-state index in [0.717, 1.165) is 32.3 Å². The van der Waals surface area contributed by atoms with Crippen molar-refractivity contribution < 1.29 is 14.3 Å². The smallest absolute Gasteiger partial charge is 0.153 e. The molecule has 4 nitrogen and oxygen atoms in total. The van der Waals surface area contributed by atoms with Gasteiger partial charge in [0.05, 0.1) is 24.4 Å². The van der Waals surface area contributed by atoms with Crippen molar-refractivity contribution in [1.82, 2.24) is 4.90 Å². The largest absolute Gasteiger partial charge is 0.493 e. The molecule has 1 saturated heterocycles. The van der Waals surface area contributed by atoms with Gasteiger partial charge in [-0.2, -0.15) is 0 Å². The zero-order chi connectivity index (χ0) is 14.4. The standard InChI is InChI=1S/C16H23NO3/c1-13-10-17(11-14(2)20-13)8-5-9-19-16-7-4-3-6-15(16)12-18/h3-4,6-7,12-14H,5,8-11H2,1-2H3/t13-,14-/m0/s1. The summed E-state index contributed by atoms with van der Waals surface area (Å²) in [4.78, 5) is 13.3. The van der Waals surface area contributed by atoms with Crippen LogP contribution in [0.25, 0.3) is 0 Å². The minimum Gasteiger partial charge on any atom is -0.493 e. The number of carbonyl (C=O) groups is 1. The summed E-state index contributed by atoms with van der Waals surface area (Å²) in [6, 6.07) is 7.33. The lowest BCUT2D eigenvalue weighted by molar-refractivity contribution is -0.0686. The predicted molar refractivity (Wildman–Crippen MR) is 78.4 cm³/mol. The summed E-state index contributed by atoms with van der Waals surface area (Å²) in [7, 11) is 0. The predicted octanol–water partition coefficient (Wildman–Crippen LogP) is 2.38. The van der Waals surface area contributed by atoms with Gasteiger partial charge < -0.3 is 9.47 Å². The Morgan fingerprint density at radius 1 is 1.30 bits per heavy atom. The molecule has 110 valence electrons. The third-order valence-electron chi connectivity index (χ3n) is 3.42.